The quantitative estimate of drug-likeness (QED) is 0.841. The molecule has 0 saturated carbocycles. The molecule has 0 spiro atoms. The number of carbonyl (C=O) groups is 1. The van der Waals surface area contributed by atoms with Gasteiger partial charge in [-0.15, -0.1) is 0 Å². The number of hydrogen-bond acceptors (Lipinski definition) is 3. The van der Waals surface area contributed by atoms with Crippen molar-refractivity contribution in [3.63, 3.8) is 0 Å². The number of nitrogens with zero attached hydrogens (tertiary/aromatic N) is 1. The average molecular weight is 312 g/mol. The first-order valence-electron chi connectivity index (χ1n) is 7.58. The highest BCUT2D eigenvalue weighted by molar-refractivity contribution is 5.77. The molecular weight excluding hydrogens is 290 g/mol. The van der Waals surface area contributed by atoms with Gasteiger partial charge < -0.3 is 15.0 Å². The lowest BCUT2D eigenvalue weighted by atomic mass is 10.1. The summed E-state index contributed by atoms with van der Waals surface area (Å²) in [6.07, 6.45) is 3.15. The highest BCUT2D eigenvalue weighted by Crippen LogP contribution is 2.19. The van der Waals surface area contributed by atoms with Crippen LogP contribution in [0, 0.1) is 0 Å². The molecule has 6 heteroatoms. The summed E-state index contributed by atoms with van der Waals surface area (Å²) >= 11 is 0. The van der Waals surface area contributed by atoms with Crippen molar-refractivity contribution in [2.24, 2.45) is 0 Å². The molecule has 0 bridgehead atoms. The predicted molar refractivity (Wildman–Crippen MR) is 80.1 cm³/mol. The number of alkyl halides is 2. The molecule has 4 nitrogen and oxygen atoms in total. The van der Waals surface area contributed by atoms with Crippen molar-refractivity contribution >= 4 is 5.91 Å². The van der Waals surface area contributed by atoms with Gasteiger partial charge >= 0.3 is 6.61 Å². The second-order valence-corrected chi connectivity index (χ2v) is 5.46. The Labute approximate surface area is 129 Å². The van der Waals surface area contributed by atoms with Gasteiger partial charge in [0.25, 0.3) is 0 Å². The van der Waals surface area contributed by atoms with Crippen molar-refractivity contribution in [1.29, 1.82) is 0 Å². The molecule has 22 heavy (non-hydrogen) atoms. The van der Waals surface area contributed by atoms with Gasteiger partial charge in [0.05, 0.1) is 0 Å². The lowest BCUT2D eigenvalue weighted by molar-refractivity contribution is -0.131. The third-order valence-corrected chi connectivity index (χ3v) is 3.91. The van der Waals surface area contributed by atoms with Gasteiger partial charge in [-0.25, -0.2) is 0 Å². The van der Waals surface area contributed by atoms with Crippen LogP contribution in [0.5, 0.6) is 5.75 Å². The number of ether oxygens (including phenoxy) is 1. The molecule has 1 saturated heterocycles. The fourth-order valence-electron chi connectivity index (χ4n) is 2.84. The SMILES string of the molecule is CNCC1CCCN1C(=O)CCc1ccc(OC(F)F)cc1. The summed E-state index contributed by atoms with van der Waals surface area (Å²) in [6.45, 7) is -1.16. The Hall–Kier alpha value is -1.69. The number of halogens is 2. The van der Waals surface area contributed by atoms with E-state index in [9.17, 15) is 13.6 Å². The van der Waals surface area contributed by atoms with Gasteiger partial charge in [-0.1, -0.05) is 12.1 Å². The van der Waals surface area contributed by atoms with Crippen LogP contribution in [0.15, 0.2) is 24.3 Å². The van der Waals surface area contributed by atoms with E-state index in [1.807, 2.05) is 11.9 Å². The van der Waals surface area contributed by atoms with Crippen molar-refractivity contribution in [2.45, 2.75) is 38.3 Å². The van der Waals surface area contributed by atoms with Crippen LogP contribution in [0.2, 0.25) is 0 Å². The summed E-state index contributed by atoms with van der Waals surface area (Å²) < 4.78 is 28.4. The summed E-state index contributed by atoms with van der Waals surface area (Å²) in [6, 6.07) is 6.75. The third-order valence-electron chi connectivity index (χ3n) is 3.91. The Kier molecular flexibility index (Phi) is 6.12. The molecule has 1 aliphatic heterocycles. The van der Waals surface area contributed by atoms with Crippen molar-refractivity contribution in [3.05, 3.63) is 29.8 Å². The van der Waals surface area contributed by atoms with E-state index in [0.29, 0.717) is 18.9 Å². The van der Waals surface area contributed by atoms with E-state index in [1.165, 1.54) is 12.1 Å². The number of likely N-dealkylation sites (tertiary alicyclic amines) is 1. The molecule has 1 aliphatic rings. The Morgan fingerprint density at radius 2 is 2.14 bits per heavy atom. The standard InChI is InChI=1S/C16H22F2N2O2/c1-19-11-13-3-2-10-20(13)15(21)9-6-12-4-7-14(8-5-12)22-16(17)18/h4-5,7-8,13,16,19H,2-3,6,9-11H2,1H3. The van der Waals surface area contributed by atoms with E-state index in [2.05, 4.69) is 10.1 Å². The first-order chi connectivity index (χ1) is 10.6. The Morgan fingerprint density at radius 3 is 2.77 bits per heavy atom. The number of likely N-dealkylation sites (N-methyl/N-ethyl adjacent to an activating group) is 1. The lowest BCUT2D eigenvalue weighted by Gasteiger charge is -2.24. The second kappa shape index (κ2) is 8.08. The largest absolute Gasteiger partial charge is 0.435 e. The molecule has 1 aromatic rings. The van der Waals surface area contributed by atoms with E-state index in [1.54, 1.807) is 12.1 Å². The maximum atomic E-state index is 12.3. The lowest BCUT2D eigenvalue weighted by Crippen LogP contribution is -2.40. The summed E-state index contributed by atoms with van der Waals surface area (Å²) in [4.78, 5) is 14.2. The van der Waals surface area contributed by atoms with Crippen molar-refractivity contribution in [2.75, 3.05) is 20.1 Å². The fourth-order valence-corrected chi connectivity index (χ4v) is 2.84. The fraction of sp³-hybridized carbons (Fsp3) is 0.562. The molecule has 0 radical (unpaired) electrons. The number of aryl methyl sites for hydroxylation is 1. The summed E-state index contributed by atoms with van der Waals surface area (Å²) in [7, 11) is 1.89. The monoisotopic (exact) mass is 312 g/mol. The third kappa shape index (κ3) is 4.66. The maximum absolute atomic E-state index is 12.3. The molecular formula is C16H22F2N2O2. The first kappa shape index (κ1) is 16.7. The van der Waals surface area contributed by atoms with Gasteiger partial charge in [-0.3, -0.25) is 4.79 Å². The van der Waals surface area contributed by atoms with Crippen molar-refractivity contribution in [1.82, 2.24) is 10.2 Å². The number of carbonyl (C=O) groups excluding carboxylic acids is 1. The Morgan fingerprint density at radius 1 is 1.41 bits per heavy atom. The van der Waals surface area contributed by atoms with Gasteiger partial charge in [0.1, 0.15) is 5.75 Å². The first-order valence-corrected chi connectivity index (χ1v) is 7.58. The van der Waals surface area contributed by atoms with E-state index in [-0.39, 0.29) is 11.7 Å². The number of benzene rings is 1. The van der Waals surface area contributed by atoms with Crippen LogP contribution in [0.25, 0.3) is 0 Å². The van der Waals surface area contributed by atoms with Gasteiger partial charge in [-0.05, 0) is 44.0 Å². The van der Waals surface area contributed by atoms with Crippen LogP contribution in [-0.4, -0.2) is 43.6 Å². The summed E-state index contributed by atoms with van der Waals surface area (Å²) in [5, 5.41) is 3.12. The molecule has 1 amide bonds. The molecule has 1 N–H and O–H groups in total. The minimum absolute atomic E-state index is 0.138. The molecule has 1 heterocycles. The minimum atomic E-state index is -2.81. The van der Waals surface area contributed by atoms with E-state index >= 15 is 0 Å². The number of amides is 1. The van der Waals surface area contributed by atoms with E-state index < -0.39 is 6.61 Å². The van der Waals surface area contributed by atoms with Gasteiger partial charge in [0.15, 0.2) is 0 Å². The average Bonchev–Trinajstić information content (AvgIpc) is 2.94. The van der Waals surface area contributed by atoms with Gasteiger partial charge in [0, 0.05) is 25.6 Å². The van der Waals surface area contributed by atoms with Gasteiger partial charge in [-0.2, -0.15) is 8.78 Å². The van der Waals surface area contributed by atoms with Crippen molar-refractivity contribution in [3.8, 4) is 5.75 Å². The molecule has 1 aromatic carbocycles. The van der Waals surface area contributed by atoms with Crippen molar-refractivity contribution < 1.29 is 18.3 Å². The van der Waals surface area contributed by atoms with Crippen LogP contribution in [-0.2, 0) is 11.2 Å². The zero-order chi connectivity index (χ0) is 15.9. The summed E-state index contributed by atoms with van der Waals surface area (Å²) in [5.41, 5.74) is 0.944. The van der Waals surface area contributed by atoms with Crippen LogP contribution in [0.4, 0.5) is 8.78 Å². The molecule has 1 atom stereocenters. The number of rotatable bonds is 7. The summed E-state index contributed by atoms with van der Waals surface area (Å²) in [5.74, 6) is 0.296. The molecule has 0 aromatic heterocycles. The number of hydrogen-bond donors (Lipinski definition) is 1. The molecule has 1 unspecified atom stereocenters. The zero-order valence-electron chi connectivity index (χ0n) is 12.7. The smallest absolute Gasteiger partial charge is 0.387 e. The van der Waals surface area contributed by atoms with Crippen LogP contribution < -0.4 is 10.1 Å². The maximum Gasteiger partial charge on any atom is 0.387 e. The topological polar surface area (TPSA) is 41.6 Å². The van der Waals surface area contributed by atoms with E-state index in [0.717, 1.165) is 31.5 Å². The predicted octanol–water partition coefficient (Wildman–Crippen LogP) is 2.43. The minimum Gasteiger partial charge on any atom is -0.435 e. The van der Waals surface area contributed by atoms with Crippen LogP contribution >= 0.6 is 0 Å². The Balaban J connectivity index is 1.83. The molecule has 122 valence electrons. The Bertz CT molecular complexity index is 480. The number of nitrogens with one attached hydrogen (secondary N) is 1. The molecule has 1 fully saturated rings. The normalized spacial score (nSPS) is 18.0. The van der Waals surface area contributed by atoms with E-state index in [4.69, 9.17) is 0 Å². The highest BCUT2D eigenvalue weighted by Gasteiger charge is 2.27. The van der Waals surface area contributed by atoms with Crippen LogP contribution in [0.3, 0.4) is 0 Å². The second-order valence-electron chi connectivity index (χ2n) is 5.46. The molecule has 0 aliphatic carbocycles. The van der Waals surface area contributed by atoms with Crippen LogP contribution in [0.1, 0.15) is 24.8 Å². The van der Waals surface area contributed by atoms with Gasteiger partial charge in [0.2, 0.25) is 5.91 Å². The zero-order valence-corrected chi connectivity index (χ0v) is 12.7. The molecule has 2 rings (SSSR count). The highest BCUT2D eigenvalue weighted by atomic mass is 19.3.